The summed E-state index contributed by atoms with van der Waals surface area (Å²) in [6, 6.07) is 11.5. The summed E-state index contributed by atoms with van der Waals surface area (Å²) in [5.74, 6) is 0.456. The number of amides is 1. The molecule has 1 atom stereocenters. The van der Waals surface area contributed by atoms with E-state index in [2.05, 4.69) is 36.1 Å². The topological polar surface area (TPSA) is 109 Å². The van der Waals surface area contributed by atoms with Gasteiger partial charge in [-0.25, -0.2) is 4.40 Å². The summed E-state index contributed by atoms with van der Waals surface area (Å²) >= 11 is 7.16. The number of alkyl halides is 3. The van der Waals surface area contributed by atoms with E-state index in [4.69, 9.17) is 11.6 Å². The molecular formula is C23H22ClF3N8OS. The Morgan fingerprint density at radius 2 is 1.78 bits per heavy atom. The molecule has 14 heteroatoms. The van der Waals surface area contributed by atoms with Crippen LogP contribution in [0.15, 0.2) is 53.7 Å². The van der Waals surface area contributed by atoms with Gasteiger partial charge >= 0.3 is 6.18 Å². The zero-order chi connectivity index (χ0) is 26.6. The maximum Gasteiger partial charge on any atom is 0.416 e. The number of carbonyl (C=O) groups excluding carboxylic acids is 1. The number of fused-ring (bicyclic) bond motifs is 1. The second-order valence-corrected chi connectivity index (χ2v) is 9.12. The second kappa shape index (κ2) is 11.2. The van der Waals surface area contributed by atoms with Crippen LogP contribution < -0.4 is 16.0 Å². The number of benzene rings is 2. The van der Waals surface area contributed by atoms with Crippen molar-refractivity contribution in [3.05, 3.63) is 64.7 Å². The maximum absolute atomic E-state index is 13.5. The summed E-state index contributed by atoms with van der Waals surface area (Å²) in [7, 11) is 0. The van der Waals surface area contributed by atoms with Crippen molar-refractivity contribution >= 4 is 52.6 Å². The predicted octanol–water partition coefficient (Wildman–Crippen LogP) is 5.53. The molecule has 0 saturated carbocycles. The van der Waals surface area contributed by atoms with Crippen LogP contribution in [0.1, 0.15) is 30.2 Å². The Morgan fingerprint density at radius 1 is 1.05 bits per heavy atom. The Labute approximate surface area is 219 Å². The van der Waals surface area contributed by atoms with Crippen molar-refractivity contribution in [1.29, 1.82) is 0 Å². The Kier molecular flexibility index (Phi) is 8.03. The molecular weight excluding hydrogens is 529 g/mol. The minimum Gasteiger partial charge on any atom is -0.355 e. The average molecular weight is 551 g/mol. The molecule has 0 fully saturated rings. The van der Waals surface area contributed by atoms with Crippen molar-refractivity contribution in [2.45, 2.75) is 30.4 Å². The van der Waals surface area contributed by atoms with Crippen LogP contribution in [0.4, 0.5) is 30.8 Å². The first-order chi connectivity index (χ1) is 17.7. The highest BCUT2D eigenvalue weighted by Gasteiger charge is 2.32. The minimum atomic E-state index is -4.59. The van der Waals surface area contributed by atoms with E-state index < -0.39 is 22.9 Å². The van der Waals surface area contributed by atoms with Crippen LogP contribution in [-0.4, -0.2) is 43.6 Å². The molecule has 37 heavy (non-hydrogen) atoms. The summed E-state index contributed by atoms with van der Waals surface area (Å²) < 4.78 is 41.3. The second-order valence-electron chi connectivity index (χ2n) is 7.64. The van der Waals surface area contributed by atoms with Gasteiger partial charge in [-0.1, -0.05) is 53.7 Å². The first-order valence-electron chi connectivity index (χ1n) is 11.2. The highest BCUT2D eigenvalue weighted by atomic mass is 35.5. The van der Waals surface area contributed by atoms with Crippen LogP contribution >= 0.6 is 23.4 Å². The quantitative estimate of drug-likeness (QED) is 0.233. The molecule has 2 aromatic carbocycles. The van der Waals surface area contributed by atoms with Gasteiger partial charge in [0.05, 0.1) is 16.3 Å². The number of halogens is 4. The standard InChI is InChI=1S/C23H22ClF3N8OS/c1-3-28-19-31-20(29-4-2)35-21(32-19)33-34-22(35)37-17(13-8-6-5-7-9-13)18(36)30-16-12-14(23(25,26)27)10-11-15(16)24/h5-12,17H,3-4H2,1-2H3,(H,30,36)(H2,28,29,31,32,33). The van der Waals surface area contributed by atoms with Crippen molar-refractivity contribution < 1.29 is 18.0 Å². The van der Waals surface area contributed by atoms with Crippen LogP contribution in [0.3, 0.4) is 0 Å². The molecule has 194 valence electrons. The molecule has 0 aliphatic heterocycles. The fraction of sp³-hybridized carbons (Fsp3) is 0.261. The zero-order valence-corrected chi connectivity index (χ0v) is 21.2. The van der Waals surface area contributed by atoms with E-state index in [9.17, 15) is 18.0 Å². The molecule has 0 spiro atoms. The minimum absolute atomic E-state index is 0.0233. The molecule has 0 radical (unpaired) electrons. The van der Waals surface area contributed by atoms with Gasteiger partial charge in [-0.2, -0.15) is 23.1 Å². The summed E-state index contributed by atoms with van der Waals surface area (Å²) in [4.78, 5) is 22.3. The first kappa shape index (κ1) is 26.5. The number of rotatable bonds is 9. The zero-order valence-electron chi connectivity index (χ0n) is 19.7. The average Bonchev–Trinajstić information content (AvgIpc) is 3.27. The molecule has 3 N–H and O–H groups in total. The maximum atomic E-state index is 13.5. The van der Waals surface area contributed by atoms with Crippen molar-refractivity contribution in [3.63, 3.8) is 0 Å². The van der Waals surface area contributed by atoms with Crippen molar-refractivity contribution in [3.8, 4) is 0 Å². The molecule has 0 aliphatic carbocycles. The number of hydrogen-bond donors (Lipinski definition) is 3. The van der Waals surface area contributed by atoms with E-state index in [0.717, 1.165) is 30.0 Å². The van der Waals surface area contributed by atoms with Crippen LogP contribution in [0, 0.1) is 0 Å². The Hall–Kier alpha value is -3.58. The Balaban J connectivity index is 1.72. The molecule has 2 aromatic heterocycles. The van der Waals surface area contributed by atoms with Gasteiger partial charge in [-0.05, 0) is 37.6 Å². The lowest BCUT2D eigenvalue weighted by Gasteiger charge is -2.18. The molecule has 4 rings (SSSR count). The predicted molar refractivity (Wildman–Crippen MR) is 137 cm³/mol. The highest BCUT2D eigenvalue weighted by molar-refractivity contribution is 8.00. The number of carbonyl (C=O) groups is 1. The van der Waals surface area contributed by atoms with Crippen LogP contribution in [0.2, 0.25) is 5.02 Å². The lowest BCUT2D eigenvalue weighted by atomic mass is 10.1. The van der Waals surface area contributed by atoms with Gasteiger partial charge in [-0.3, -0.25) is 4.79 Å². The largest absolute Gasteiger partial charge is 0.416 e. The van der Waals surface area contributed by atoms with Gasteiger partial charge in [0.15, 0.2) is 0 Å². The van der Waals surface area contributed by atoms with E-state index >= 15 is 0 Å². The molecule has 9 nitrogen and oxygen atoms in total. The van der Waals surface area contributed by atoms with E-state index in [0.29, 0.717) is 35.7 Å². The summed E-state index contributed by atoms with van der Waals surface area (Å²) in [6.45, 7) is 4.96. The molecule has 0 aliphatic rings. The summed E-state index contributed by atoms with van der Waals surface area (Å²) in [5.41, 5.74) is -0.482. The third-order valence-corrected chi connectivity index (χ3v) is 6.56. The smallest absolute Gasteiger partial charge is 0.355 e. The fourth-order valence-electron chi connectivity index (χ4n) is 3.38. The molecule has 0 bridgehead atoms. The van der Waals surface area contributed by atoms with E-state index in [1.54, 1.807) is 34.7 Å². The van der Waals surface area contributed by atoms with Crippen molar-refractivity contribution in [2.24, 2.45) is 0 Å². The van der Waals surface area contributed by atoms with Gasteiger partial charge in [0, 0.05) is 13.1 Å². The van der Waals surface area contributed by atoms with E-state index in [1.165, 1.54) is 0 Å². The highest BCUT2D eigenvalue weighted by Crippen LogP contribution is 2.38. The SMILES string of the molecule is CCNc1nc(NCC)n2c(SC(C(=O)Nc3cc(C(F)(F)F)ccc3Cl)c3ccccc3)nnc2n1. The lowest BCUT2D eigenvalue weighted by molar-refractivity contribution is -0.137. The van der Waals surface area contributed by atoms with Crippen LogP contribution in [0.5, 0.6) is 0 Å². The third kappa shape index (κ3) is 6.05. The van der Waals surface area contributed by atoms with Gasteiger partial charge in [0.1, 0.15) is 5.25 Å². The van der Waals surface area contributed by atoms with Crippen molar-refractivity contribution in [1.82, 2.24) is 24.6 Å². The fourth-order valence-corrected chi connectivity index (χ4v) is 4.58. The van der Waals surface area contributed by atoms with Crippen LogP contribution in [-0.2, 0) is 11.0 Å². The third-order valence-electron chi connectivity index (χ3n) is 5.03. The van der Waals surface area contributed by atoms with E-state index in [1.807, 2.05) is 13.8 Å². The van der Waals surface area contributed by atoms with Gasteiger partial charge in [0.25, 0.3) is 5.78 Å². The normalized spacial score (nSPS) is 12.4. The van der Waals surface area contributed by atoms with Gasteiger partial charge < -0.3 is 16.0 Å². The van der Waals surface area contributed by atoms with Crippen molar-refractivity contribution in [2.75, 3.05) is 29.0 Å². The molecule has 0 saturated heterocycles. The monoisotopic (exact) mass is 550 g/mol. The lowest BCUT2D eigenvalue weighted by Crippen LogP contribution is -2.20. The van der Waals surface area contributed by atoms with Crippen LogP contribution in [0.25, 0.3) is 5.78 Å². The van der Waals surface area contributed by atoms with Gasteiger partial charge in [-0.15, -0.1) is 10.2 Å². The number of thioether (sulfide) groups is 1. The number of hydrogen-bond acceptors (Lipinski definition) is 8. The number of aromatic nitrogens is 5. The Bertz CT molecular complexity index is 1400. The molecule has 2 heterocycles. The number of nitrogens with zero attached hydrogens (tertiary/aromatic N) is 5. The first-order valence-corrected chi connectivity index (χ1v) is 12.5. The summed E-state index contributed by atoms with van der Waals surface area (Å²) in [5, 5.41) is 16.4. The number of nitrogens with one attached hydrogen (secondary N) is 3. The number of anilines is 3. The molecule has 1 unspecified atom stereocenters. The molecule has 1 amide bonds. The van der Waals surface area contributed by atoms with E-state index in [-0.39, 0.29) is 16.5 Å². The summed E-state index contributed by atoms with van der Waals surface area (Å²) in [6.07, 6.45) is -4.59. The Morgan fingerprint density at radius 3 is 2.46 bits per heavy atom. The van der Waals surface area contributed by atoms with Gasteiger partial charge in [0.2, 0.25) is 23.0 Å². The molecule has 4 aromatic rings.